The highest BCUT2D eigenvalue weighted by Gasteiger charge is 2.27. The van der Waals surface area contributed by atoms with Gasteiger partial charge in [0.2, 0.25) is 0 Å². The van der Waals surface area contributed by atoms with E-state index in [1.807, 2.05) is 24.3 Å². The van der Waals surface area contributed by atoms with E-state index in [0.717, 1.165) is 42.3 Å². The van der Waals surface area contributed by atoms with E-state index >= 15 is 0 Å². The predicted octanol–water partition coefficient (Wildman–Crippen LogP) is 4.37. The smallest absolute Gasteiger partial charge is 0.342 e. The van der Waals surface area contributed by atoms with E-state index in [9.17, 15) is 9.90 Å². The molecule has 5 nitrogen and oxygen atoms in total. The number of fused-ring (bicyclic) bond motifs is 3. The summed E-state index contributed by atoms with van der Waals surface area (Å²) in [5.41, 5.74) is 1.82. The Morgan fingerprint density at radius 1 is 1.23 bits per heavy atom. The fourth-order valence-electron chi connectivity index (χ4n) is 3.96. The minimum absolute atomic E-state index is 0.228. The lowest BCUT2D eigenvalue weighted by atomic mass is 9.97. The Bertz CT molecular complexity index is 983. The van der Waals surface area contributed by atoms with E-state index in [1.165, 1.54) is 0 Å². The van der Waals surface area contributed by atoms with Gasteiger partial charge in [0.1, 0.15) is 22.7 Å². The van der Waals surface area contributed by atoms with Crippen LogP contribution in [0.3, 0.4) is 0 Å². The lowest BCUT2D eigenvalue weighted by molar-refractivity contribution is 0.0526. The SMILES string of the molecule is CCOC(=O)c1c(C)oc2c1c(CN1CCCC1)c(O)c1ccccc12. The van der Waals surface area contributed by atoms with E-state index < -0.39 is 5.97 Å². The summed E-state index contributed by atoms with van der Waals surface area (Å²) < 4.78 is 11.3. The van der Waals surface area contributed by atoms with Crippen molar-refractivity contribution in [3.63, 3.8) is 0 Å². The van der Waals surface area contributed by atoms with Crippen LogP contribution in [0.5, 0.6) is 5.75 Å². The molecule has 1 N–H and O–H groups in total. The standard InChI is InChI=1S/C21H23NO4/c1-3-25-21(24)17-13(2)26-20-15-9-5-4-8-14(15)19(23)16(18(17)20)12-22-10-6-7-11-22/h4-5,8-9,23H,3,6-7,10-12H2,1-2H3. The third-order valence-corrected chi connectivity index (χ3v) is 5.16. The zero-order chi connectivity index (χ0) is 18.3. The molecule has 5 heteroatoms. The lowest BCUT2D eigenvalue weighted by Gasteiger charge is -2.18. The molecular weight excluding hydrogens is 330 g/mol. The molecule has 0 amide bonds. The number of nitrogens with zero attached hydrogens (tertiary/aromatic N) is 1. The summed E-state index contributed by atoms with van der Waals surface area (Å²) in [6.45, 7) is 6.45. The number of aromatic hydroxyl groups is 1. The molecular formula is C21H23NO4. The van der Waals surface area contributed by atoms with Crippen molar-refractivity contribution in [1.82, 2.24) is 4.90 Å². The number of esters is 1. The van der Waals surface area contributed by atoms with Gasteiger partial charge in [-0.2, -0.15) is 0 Å². The van der Waals surface area contributed by atoms with Crippen molar-refractivity contribution in [3.05, 3.63) is 41.2 Å². The average molecular weight is 353 g/mol. The predicted molar refractivity (Wildman–Crippen MR) is 101 cm³/mol. The molecule has 0 aliphatic carbocycles. The molecule has 4 rings (SSSR count). The van der Waals surface area contributed by atoms with Crippen molar-refractivity contribution in [2.24, 2.45) is 0 Å². The molecule has 2 heterocycles. The third kappa shape index (κ3) is 2.63. The number of phenolic OH excluding ortho intramolecular Hbond substituents is 1. The quantitative estimate of drug-likeness (QED) is 0.706. The number of furan rings is 1. The summed E-state index contributed by atoms with van der Waals surface area (Å²) in [6, 6.07) is 7.60. The number of phenols is 1. The zero-order valence-electron chi connectivity index (χ0n) is 15.2. The van der Waals surface area contributed by atoms with E-state index in [-0.39, 0.29) is 5.75 Å². The third-order valence-electron chi connectivity index (χ3n) is 5.16. The number of rotatable bonds is 4. The van der Waals surface area contributed by atoms with Gasteiger partial charge in [-0.25, -0.2) is 4.79 Å². The first-order valence-electron chi connectivity index (χ1n) is 9.17. The molecule has 26 heavy (non-hydrogen) atoms. The number of carbonyl (C=O) groups is 1. The number of benzene rings is 2. The van der Waals surface area contributed by atoms with Crippen molar-refractivity contribution in [2.45, 2.75) is 33.2 Å². The van der Waals surface area contributed by atoms with Gasteiger partial charge >= 0.3 is 5.97 Å². The second-order valence-corrected chi connectivity index (χ2v) is 6.81. The van der Waals surface area contributed by atoms with E-state index in [4.69, 9.17) is 9.15 Å². The van der Waals surface area contributed by atoms with Gasteiger partial charge in [-0.15, -0.1) is 0 Å². The Hall–Kier alpha value is -2.53. The van der Waals surface area contributed by atoms with Crippen LogP contribution in [0.2, 0.25) is 0 Å². The number of ether oxygens (including phenoxy) is 1. The van der Waals surface area contributed by atoms with Gasteiger partial charge in [-0.3, -0.25) is 4.90 Å². The van der Waals surface area contributed by atoms with Crippen molar-refractivity contribution < 1.29 is 19.1 Å². The van der Waals surface area contributed by atoms with Crippen LogP contribution in [0.1, 0.15) is 41.4 Å². The monoisotopic (exact) mass is 353 g/mol. The van der Waals surface area contributed by atoms with Crippen molar-refractivity contribution in [1.29, 1.82) is 0 Å². The first kappa shape index (κ1) is 16.9. The maximum absolute atomic E-state index is 12.6. The summed E-state index contributed by atoms with van der Waals surface area (Å²) in [6.07, 6.45) is 2.32. The van der Waals surface area contributed by atoms with Crippen molar-refractivity contribution >= 4 is 27.7 Å². The molecule has 1 saturated heterocycles. The normalized spacial score (nSPS) is 15.2. The fraction of sp³-hybridized carbons (Fsp3) is 0.381. The van der Waals surface area contributed by atoms with Gasteiger partial charge in [0.05, 0.1) is 6.61 Å². The van der Waals surface area contributed by atoms with E-state index in [1.54, 1.807) is 13.8 Å². The molecule has 0 unspecified atom stereocenters. The molecule has 0 spiro atoms. The van der Waals surface area contributed by atoms with Crippen LogP contribution in [-0.2, 0) is 11.3 Å². The van der Waals surface area contributed by atoms with Gasteiger partial charge in [0, 0.05) is 28.3 Å². The molecule has 1 aliphatic heterocycles. The van der Waals surface area contributed by atoms with Crippen LogP contribution in [0.15, 0.2) is 28.7 Å². The van der Waals surface area contributed by atoms with E-state index in [2.05, 4.69) is 4.90 Å². The minimum atomic E-state index is -0.402. The average Bonchev–Trinajstić information content (AvgIpc) is 3.26. The summed E-state index contributed by atoms with van der Waals surface area (Å²) >= 11 is 0. The maximum Gasteiger partial charge on any atom is 0.342 e. The summed E-state index contributed by atoms with van der Waals surface area (Å²) in [5, 5.41) is 13.3. The van der Waals surface area contributed by atoms with Gasteiger partial charge in [-0.05, 0) is 39.8 Å². The van der Waals surface area contributed by atoms with Gasteiger partial charge < -0.3 is 14.3 Å². The molecule has 136 valence electrons. The molecule has 0 bridgehead atoms. The first-order chi connectivity index (χ1) is 12.6. The zero-order valence-corrected chi connectivity index (χ0v) is 15.2. The van der Waals surface area contributed by atoms with Crippen LogP contribution >= 0.6 is 0 Å². The van der Waals surface area contributed by atoms with Crippen LogP contribution in [0.25, 0.3) is 21.7 Å². The highest BCUT2D eigenvalue weighted by molar-refractivity contribution is 6.16. The molecule has 1 aliphatic rings. The molecule has 1 fully saturated rings. The Labute approximate surface area is 152 Å². The van der Waals surface area contributed by atoms with Crippen LogP contribution in [-0.4, -0.2) is 35.7 Å². The number of aryl methyl sites for hydroxylation is 1. The van der Waals surface area contributed by atoms with Crippen LogP contribution in [0.4, 0.5) is 0 Å². The number of hydrogen-bond donors (Lipinski definition) is 1. The topological polar surface area (TPSA) is 62.9 Å². The molecule has 0 saturated carbocycles. The van der Waals surface area contributed by atoms with Gasteiger partial charge in [-0.1, -0.05) is 24.3 Å². The number of hydrogen-bond acceptors (Lipinski definition) is 5. The second kappa shape index (κ2) is 6.65. The number of likely N-dealkylation sites (tertiary alicyclic amines) is 1. The molecule has 0 radical (unpaired) electrons. The Morgan fingerprint density at radius 2 is 1.92 bits per heavy atom. The van der Waals surface area contributed by atoms with Crippen molar-refractivity contribution in [3.8, 4) is 5.75 Å². The summed E-state index contributed by atoms with van der Waals surface area (Å²) in [5.74, 6) is 0.351. The lowest BCUT2D eigenvalue weighted by Crippen LogP contribution is -2.19. The highest BCUT2D eigenvalue weighted by atomic mass is 16.5. The molecule has 1 aromatic heterocycles. The maximum atomic E-state index is 12.6. The Balaban J connectivity index is 2.03. The fourth-order valence-corrected chi connectivity index (χ4v) is 3.96. The van der Waals surface area contributed by atoms with Crippen LogP contribution in [0, 0.1) is 6.92 Å². The molecule has 2 aromatic carbocycles. The largest absolute Gasteiger partial charge is 0.507 e. The number of carbonyl (C=O) groups excluding carboxylic acids is 1. The van der Waals surface area contributed by atoms with Crippen LogP contribution < -0.4 is 0 Å². The van der Waals surface area contributed by atoms with Crippen molar-refractivity contribution in [2.75, 3.05) is 19.7 Å². The summed E-state index contributed by atoms with van der Waals surface area (Å²) in [7, 11) is 0. The second-order valence-electron chi connectivity index (χ2n) is 6.81. The van der Waals surface area contributed by atoms with Gasteiger partial charge in [0.15, 0.2) is 0 Å². The Morgan fingerprint density at radius 3 is 2.62 bits per heavy atom. The van der Waals surface area contributed by atoms with Gasteiger partial charge in [0.25, 0.3) is 0 Å². The summed E-state index contributed by atoms with van der Waals surface area (Å²) in [4.78, 5) is 14.9. The minimum Gasteiger partial charge on any atom is -0.507 e. The van der Waals surface area contributed by atoms with E-state index in [0.29, 0.717) is 35.4 Å². The first-order valence-corrected chi connectivity index (χ1v) is 9.17. The highest BCUT2D eigenvalue weighted by Crippen LogP contribution is 2.42. The molecule has 0 atom stereocenters. The molecule has 3 aromatic rings. The Kier molecular flexibility index (Phi) is 4.32.